The second-order valence-corrected chi connectivity index (χ2v) is 5.47. The summed E-state index contributed by atoms with van der Waals surface area (Å²) >= 11 is 6.11. The first-order valence-electron chi connectivity index (χ1n) is 7.67. The smallest absolute Gasteiger partial charge is 0.319 e. The third-order valence-electron chi connectivity index (χ3n) is 3.44. The molecule has 0 aliphatic heterocycles. The average molecular weight is 349 g/mol. The standard InChI is InChI=1S/C18H21ClN2O3/c1-3-24-12-14-7-5-4-6-13(14)11-20-18(22)21-17-9-8-15(23-2)10-16(17)19/h4-10H,3,11-12H2,1-2H3,(H2,20,21,22). The lowest BCUT2D eigenvalue weighted by atomic mass is 10.1. The van der Waals surface area contributed by atoms with Gasteiger partial charge in [-0.25, -0.2) is 4.79 Å². The monoisotopic (exact) mass is 348 g/mol. The number of methoxy groups -OCH3 is 1. The predicted molar refractivity (Wildman–Crippen MR) is 95.6 cm³/mol. The molecule has 0 aromatic heterocycles. The van der Waals surface area contributed by atoms with E-state index in [1.165, 1.54) is 0 Å². The minimum Gasteiger partial charge on any atom is -0.497 e. The van der Waals surface area contributed by atoms with Crippen molar-refractivity contribution in [3.05, 3.63) is 58.6 Å². The number of hydrogen-bond acceptors (Lipinski definition) is 3. The van der Waals surface area contributed by atoms with Crippen LogP contribution in [-0.2, 0) is 17.9 Å². The van der Waals surface area contributed by atoms with E-state index in [-0.39, 0.29) is 6.03 Å². The van der Waals surface area contributed by atoms with Gasteiger partial charge in [0.05, 0.1) is 24.4 Å². The fraction of sp³-hybridized carbons (Fsp3) is 0.278. The molecule has 0 radical (unpaired) electrons. The topological polar surface area (TPSA) is 59.6 Å². The van der Waals surface area contributed by atoms with Crippen LogP contribution >= 0.6 is 11.6 Å². The molecule has 2 N–H and O–H groups in total. The molecule has 6 heteroatoms. The van der Waals surface area contributed by atoms with Crippen molar-refractivity contribution < 1.29 is 14.3 Å². The lowest BCUT2D eigenvalue weighted by molar-refractivity contribution is 0.133. The molecule has 0 spiro atoms. The Morgan fingerprint density at radius 2 is 1.92 bits per heavy atom. The number of hydrogen-bond donors (Lipinski definition) is 2. The van der Waals surface area contributed by atoms with E-state index in [1.54, 1.807) is 25.3 Å². The highest BCUT2D eigenvalue weighted by Crippen LogP contribution is 2.26. The van der Waals surface area contributed by atoms with Crippen molar-refractivity contribution in [2.75, 3.05) is 19.0 Å². The number of halogens is 1. The molecule has 2 amide bonds. The highest BCUT2D eigenvalue weighted by molar-refractivity contribution is 6.33. The van der Waals surface area contributed by atoms with Gasteiger partial charge in [0.1, 0.15) is 5.75 Å². The van der Waals surface area contributed by atoms with Gasteiger partial charge in [-0.3, -0.25) is 0 Å². The molecule has 0 aliphatic rings. The second kappa shape index (κ2) is 9.15. The number of anilines is 1. The molecule has 0 heterocycles. The van der Waals surface area contributed by atoms with Crippen molar-refractivity contribution in [1.82, 2.24) is 5.32 Å². The molecule has 128 valence electrons. The minimum atomic E-state index is -0.326. The van der Waals surface area contributed by atoms with E-state index in [0.29, 0.717) is 36.2 Å². The summed E-state index contributed by atoms with van der Waals surface area (Å²) in [6, 6.07) is 12.6. The quantitative estimate of drug-likeness (QED) is 0.788. The zero-order valence-electron chi connectivity index (χ0n) is 13.8. The van der Waals surface area contributed by atoms with Crippen LogP contribution in [0.2, 0.25) is 5.02 Å². The fourth-order valence-corrected chi connectivity index (χ4v) is 2.37. The fourth-order valence-electron chi connectivity index (χ4n) is 2.15. The van der Waals surface area contributed by atoms with Crippen LogP contribution in [0.5, 0.6) is 5.75 Å². The van der Waals surface area contributed by atoms with Crippen LogP contribution in [0.4, 0.5) is 10.5 Å². The molecule has 0 atom stereocenters. The minimum absolute atomic E-state index is 0.326. The van der Waals surface area contributed by atoms with Crippen LogP contribution in [0, 0.1) is 0 Å². The summed E-state index contributed by atoms with van der Waals surface area (Å²) in [5.74, 6) is 0.635. The Morgan fingerprint density at radius 3 is 2.58 bits per heavy atom. The maximum atomic E-state index is 12.1. The van der Waals surface area contributed by atoms with Gasteiger partial charge in [-0.15, -0.1) is 0 Å². The number of urea groups is 1. The van der Waals surface area contributed by atoms with E-state index in [9.17, 15) is 4.79 Å². The lowest BCUT2D eigenvalue weighted by Gasteiger charge is -2.12. The molecule has 2 aromatic carbocycles. The first kappa shape index (κ1) is 18.1. The molecular formula is C18H21ClN2O3. The summed E-state index contributed by atoms with van der Waals surface area (Å²) in [4.78, 5) is 12.1. The SMILES string of the molecule is CCOCc1ccccc1CNC(=O)Nc1ccc(OC)cc1Cl. The number of rotatable bonds is 7. The van der Waals surface area contributed by atoms with E-state index < -0.39 is 0 Å². The van der Waals surface area contributed by atoms with Crippen LogP contribution in [0.25, 0.3) is 0 Å². The van der Waals surface area contributed by atoms with Gasteiger partial charge in [0, 0.05) is 19.2 Å². The van der Waals surface area contributed by atoms with Crippen LogP contribution in [-0.4, -0.2) is 19.7 Å². The molecule has 0 saturated heterocycles. The van der Waals surface area contributed by atoms with Crippen molar-refractivity contribution in [3.8, 4) is 5.75 Å². The summed E-state index contributed by atoms with van der Waals surface area (Å²) in [5, 5.41) is 5.97. The van der Waals surface area contributed by atoms with Gasteiger partial charge in [0.25, 0.3) is 0 Å². The van der Waals surface area contributed by atoms with Gasteiger partial charge < -0.3 is 20.1 Å². The van der Waals surface area contributed by atoms with Crippen molar-refractivity contribution >= 4 is 23.3 Å². The van der Waals surface area contributed by atoms with Gasteiger partial charge in [-0.1, -0.05) is 35.9 Å². The maximum Gasteiger partial charge on any atom is 0.319 e. The molecule has 24 heavy (non-hydrogen) atoms. The zero-order valence-corrected chi connectivity index (χ0v) is 14.5. The van der Waals surface area contributed by atoms with Gasteiger partial charge in [0.15, 0.2) is 0 Å². The molecule has 5 nitrogen and oxygen atoms in total. The Balaban J connectivity index is 1.94. The van der Waals surface area contributed by atoms with E-state index >= 15 is 0 Å². The van der Waals surface area contributed by atoms with Crippen LogP contribution < -0.4 is 15.4 Å². The number of carbonyl (C=O) groups is 1. The van der Waals surface area contributed by atoms with E-state index in [2.05, 4.69) is 10.6 Å². The molecule has 0 saturated carbocycles. The predicted octanol–water partition coefficient (Wildman–Crippen LogP) is 4.21. The van der Waals surface area contributed by atoms with E-state index in [4.69, 9.17) is 21.1 Å². The number of nitrogens with one attached hydrogen (secondary N) is 2. The number of carbonyl (C=O) groups excluding carboxylic acids is 1. The summed E-state index contributed by atoms with van der Waals surface area (Å²) < 4.78 is 10.5. The Hall–Kier alpha value is -2.24. The molecule has 0 unspecified atom stereocenters. The Kier molecular flexibility index (Phi) is 6.90. The van der Waals surface area contributed by atoms with Crippen molar-refractivity contribution in [2.24, 2.45) is 0 Å². The van der Waals surface area contributed by atoms with E-state index in [0.717, 1.165) is 11.1 Å². The van der Waals surface area contributed by atoms with Gasteiger partial charge >= 0.3 is 6.03 Å². The van der Waals surface area contributed by atoms with Gasteiger partial charge in [0.2, 0.25) is 0 Å². The number of benzene rings is 2. The Bertz CT molecular complexity index is 692. The average Bonchev–Trinajstić information content (AvgIpc) is 2.60. The maximum absolute atomic E-state index is 12.1. The molecule has 0 aliphatic carbocycles. The van der Waals surface area contributed by atoms with Gasteiger partial charge in [-0.05, 0) is 30.2 Å². The lowest BCUT2D eigenvalue weighted by Crippen LogP contribution is -2.28. The van der Waals surface area contributed by atoms with Crippen molar-refractivity contribution in [1.29, 1.82) is 0 Å². The Morgan fingerprint density at radius 1 is 1.17 bits per heavy atom. The zero-order chi connectivity index (χ0) is 17.4. The summed E-state index contributed by atoms with van der Waals surface area (Å²) in [5.41, 5.74) is 2.60. The third kappa shape index (κ3) is 5.15. The molecule has 2 rings (SSSR count). The second-order valence-electron chi connectivity index (χ2n) is 5.06. The van der Waals surface area contributed by atoms with Crippen molar-refractivity contribution in [3.63, 3.8) is 0 Å². The largest absolute Gasteiger partial charge is 0.497 e. The van der Waals surface area contributed by atoms with Crippen LogP contribution in [0.1, 0.15) is 18.1 Å². The summed E-state index contributed by atoms with van der Waals surface area (Å²) in [6.07, 6.45) is 0. The number of ether oxygens (including phenoxy) is 2. The van der Waals surface area contributed by atoms with E-state index in [1.807, 2.05) is 31.2 Å². The summed E-state index contributed by atoms with van der Waals surface area (Å²) in [6.45, 7) is 3.54. The number of amides is 2. The summed E-state index contributed by atoms with van der Waals surface area (Å²) in [7, 11) is 1.56. The van der Waals surface area contributed by atoms with Crippen LogP contribution in [0.15, 0.2) is 42.5 Å². The normalized spacial score (nSPS) is 10.3. The Labute approximate surface area is 146 Å². The van der Waals surface area contributed by atoms with Gasteiger partial charge in [-0.2, -0.15) is 0 Å². The highest BCUT2D eigenvalue weighted by atomic mass is 35.5. The molecule has 0 bridgehead atoms. The van der Waals surface area contributed by atoms with Crippen molar-refractivity contribution in [2.45, 2.75) is 20.1 Å². The van der Waals surface area contributed by atoms with Crippen LogP contribution in [0.3, 0.4) is 0 Å². The highest BCUT2D eigenvalue weighted by Gasteiger charge is 2.08. The third-order valence-corrected chi connectivity index (χ3v) is 3.76. The molecular weight excluding hydrogens is 328 g/mol. The first-order valence-corrected chi connectivity index (χ1v) is 8.04. The molecule has 0 fully saturated rings. The first-order chi connectivity index (χ1) is 11.6. The molecule has 2 aromatic rings.